The van der Waals surface area contributed by atoms with E-state index in [-0.39, 0.29) is 29.2 Å². The van der Waals surface area contributed by atoms with Crippen molar-refractivity contribution >= 4 is 22.4 Å². The molecule has 8 nitrogen and oxygen atoms in total. The summed E-state index contributed by atoms with van der Waals surface area (Å²) in [5.41, 5.74) is 9.37. The Kier molecular flexibility index (Phi) is 6.64. The van der Waals surface area contributed by atoms with Gasteiger partial charge in [0.25, 0.3) is 0 Å². The molecule has 0 aliphatic carbocycles. The van der Waals surface area contributed by atoms with Crippen LogP contribution in [0, 0.1) is 18.6 Å². The maximum absolute atomic E-state index is 14.5. The molecule has 2 aliphatic heterocycles. The van der Waals surface area contributed by atoms with Gasteiger partial charge in [-0.1, -0.05) is 0 Å². The summed E-state index contributed by atoms with van der Waals surface area (Å²) in [6.07, 6.45) is 7.31. The third-order valence-corrected chi connectivity index (χ3v) is 7.63. The van der Waals surface area contributed by atoms with Crippen molar-refractivity contribution in [2.75, 3.05) is 30.3 Å². The lowest BCUT2D eigenvalue weighted by Gasteiger charge is -2.40. The van der Waals surface area contributed by atoms with Crippen LogP contribution >= 0.6 is 0 Å². The first-order chi connectivity index (χ1) is 18.9. The van der Waals surface area contributed by atoms with Gasteiger partial charge in [-0.3, -0.25) is 14.7 Å². The first-order valence-electron chi connectivity index (χ1n) is 13.2. The minimum atomic E-state index is -1.08. The Bertz CT molecular complexity index is 1590. The number of nitrogen functional groups attached to an aromatic ring is 1. The van der Waals surface area contributed by atoms with Gasteiger partial charge in [-0.05, 0) is 55.7 Å². The number of rotatable bonds is 6. The molecular weight excluding hydrogens is 502 g/mol. The summed E-state index contributed by atoms with van der Waals surface area (Å²) >= 11 is 0. The van der Waals surface area contributed by atoms with E-state index < -0.39 is 11.6 Å². The molecule has 0 spiro atoms. The normalized spacial score (nSPS) is 17.0. The summed E-state index contributed by atoms with van der Waals surface area (Å²) in [5, 5.41) is 0.138. The van der Waals surface area contributed by atoms with Crippen molar-refractivity contribution in [3.05, 3.63) is 87.6 Å². The molecule has 39 heavy (non-hydrogen) atoms. The predicted molar refractivity (Wildman–Crippen MR) is 146 cm³/mol. The molecule has 1 fully saturated rings. The number of nitrogens with zero attached hydrogens (tertiary/aromatic N) is 5. The third-order valence-electron chi connectivity index (χ3n) is 7.63. The zero-order valence-corrected chi connectivity index (χ0v) is 21.7. The fourth-order valence-electron chi connectivity index (χ4n) is 5.74. The van der Waals surface area contributed by atoms with Gasteiger partial charge in [0.05, 0.1) is 29.3 Å². The maximum atomic E-state index is 14.5. The number of ether oxygens (including phenoxy) is 1. The van der Waals surface area contributed by atoms with Gasteiger partial charge in [0.2, 0.25) is 5.82 Å². The highest BCUT2D eigenvalue weighted by molar-refractivity contribution is 5.86. The first-order valence-corrected chi connectivity index (χ1v) is 13.2. The lowest BCUT2D eigenvalue weighted by atomic mass is 10.0. The molecule has 0 amide bonds. The average Bonchev–Trinajstić information content (AvgIpc) is 2.94. The van der Waals surface area contributed by atoms with E-state index in [1.807, 2.05) is 23.6 Å². The number of anilines is 2. The molecule has 6 rings (SSSR count). The average molecular weight is 533 g/mol. The van der Waals surface area contributed by atoms with Gasteiger partial charge in [0.1, 0.15) is 12.4 Å². The van der Waals surface area contributed by atoms with Crippen LogP contribution in [0.2, 0.25) is 0 Å². The lowest BCUT2D eigenvalue weighted by molar-refractivity contribution is 0.158. The highest BCUT2D eigenvalue weighted by atomic mass is 19.2. The smallest absolute Gasteiger partial charge is 0.202 e. The summed E-state index contributed by atoms with van der Waals surface area (Å²) in [7, 11) is 0. The van der Waals surface area contributed by atoms with E-state index in [2.05, 4.69) is 25.8 Å². The SMILES string of the molecule is Cc1cc(CN(Cc2cn3c4c(c(F)c(F)cc4c2=O)OCC3)[C@H]2CCCN(c3ccc(N)nc3)C2)ccn1. The van der Waals surface area contributed by atoms with E-state index in [4.69, 9.17) is 10.5 Å². The van der Waals surface area contributed by atoms with Gasteiger partial charge < -0.3 is 19.9 Å². The van der Waals surface area contributed by atoms with Crippen molar-refractivity contribution in [1.29, 1.82) is 0 Å². The quantitative estimate of drug-likeness (QED) is 0.401. The molecule has 2 aliphatic rings. The Hall–Kier alpha value is -4.05. The summed E-state index contributed by atoms with van der Waals surface area (Å²) in [6.45, 7) is 5.26. The third kappa shape index (κ3) is 4.92. The minimum absolute atomic E-state index is 0.138. The number of hydrogen-bond acceptors (Lipinski definition) is 7. The predicted octanol–water partition coefficient (Wildman–Crippen LogP) is 4.02. The van der Waals surface area contributed by atoms with Gasteiger partial charge in [-0.15, -0.1) is 0 Å². The Labute approximate surface area is 224 Å². The highest BCUT2D eigenvalue weighted by Crippen LogP contribution is 2.33. The van der Waals surface area contributed by atoms with Gasteiger partial charge in [0.15, 0.2) is 17.0 Å². The molecule has 0 bridgehead atoms. The van der Waals surface area contributed by atoms with Crippen molar-refractivity contribution in [3.8, 4) is 5.75 Å². The van der Waals surface area contributed by atoms with Crippen molar-refractivity contribution in [2.24, 2.45) is 0 Å². The van der Waals surface area contributed by atoms with E-state index in [0.29, 0.717) is 36.5 Å². The molecule has 10 heteroatoms. The van der Waals surface area contributed by atoms with Crippen LogP contribution in [0.3, 0.4) is 0 Å². The minimum Gasteiger partial charge on any atom is -0.486 e. The first kappa shape index (κ1) is 25.2. The van der Waals surface area contributed by atoms with Crippen LogP contribution in [0.4, 0.5) is 20.3 Å². The Balaban J connectivity index is 1.37. The van der Waals surface area contributed by atoms with Crippen LogP contribution in [0.15, 0.2) is 53.7 Å². The summed E-state index contributed by atoms with van der Waals surface area (Å²) < 4.78 is 36.1. The molecule has 3 aromatic heterocycles. The monoisotopic (exact) mass is 532 g/mol. The largest absolute Gasteiger partial charge is 0.486 e. The molecule has 2 N–H and O–H groups in total. The number of pyridine rings is 3. The van der Waals surface area contributed by atoms with E-state index in [0.717, 1.165) is 48.9 Å². The summed E-state index contributed by atoms with van der Waals surface area (Å²) in [6, 6.07) is 8.97. The molecule has 0 radical (unpaired) electrons. The molecular formula is C29H30F2N6O2. The van der Waals surface area contributed by atoms with Crippen molar-refractivity contribution in [2.45, 2.75) is 45.4 Å². The summed E-state index contributed by atoms with van der Waals surface area (Å²) in [5.74, 6) is -1.85. The van der Waals surface area contributed by atoms with E-state index in [9.17, 15) is 13.6 Å². The van der Waals surface area contributed by atoms with E-state index >= 15 is 0 Å². The Morgan fingerprint density at radius 1 is 1.15 bits per heavy atom. The van der Waals surface area contributed by atoms with E-state index in [1.165, 1.54) is 0 Å². The topological polar surface area (TPSA) is 89.5 Å². The molecule has 1 atom stereocenters. The maximum Gasteiger partial charge on any atom is 0.202 e. The van der Waals surface area contributed by atoms with Crippen LogP contribution in [0.5, 0.6) is 5.75 Å². The zero-order valence-electron chi connectivity index (χ0n) is 21.7. The second-order valence-corrected chi connectivity index (χ2v) is 10.3. The van der Waals surface area contributed by atoms with Crippen LogP contribution in [0.1, 0.15) is 29.7 Å². The Morgan fingerprint density at radius 2 is 2.03 bits per heavy atom. The van der Waals surface area contributed by atoms with Gasteiger partial charge in [0, 0.05) is 55.9 Å². The molecule has 5 heterocycles. The number of benzene rings is 1. The van der Waals surface area contributed by atoms with Crippen LogP contribution in [0.25, 0.3) is 10.9 Å². The molecule has 0 unspecified atom stereocenters. The van der Waals surface area contributed by atoms with Crippen molar-refractivity contribution < 1.29 is 13.5 Å². The molecule has 202 valence electrons. The van der Waals surface area contributed by atoms with Crippen LogP contribution in [-0.4, -0.2) is 45.2 Å². The molecule has 1 aromatic carbocycles. The second kappa shape index (κ2) is 10.3. The van der Waals surface area contributed by atoms with Gasteiger partial charge >= 0.3 is 0 Å². The number of aromatic nitrogens is 3. The van der Waals surface area contributed by atoms with Crippen LogP contribution < -0.4 is 20.8 Å². The zero-order chi connectivity index (χ0) is 27.1. The highest BCUT2D eigenvalue weighted by Gasteiger charge is 2.29. The molecule has 0 saturated carbocycles. The van der Waals surface area contributed by atoms with Crippen molar-refractivity contribution in [3.63, 3.8) is 0 Å². The molecule has 4 aromatic rings. The Morgan fingerprint density at radius 3 is 2.82 bits per heavy atom. The number of aryl methyl sites for hydroxylation is 1. The van der Waals surface area contributed by atoms with E-state index in [1.54, 1.807) is 24.7 Å². The van der Waals surface area contributed by atoms with Crippen LogP contribution in [-0.2, 0) is 19.6 Å². The molecule has 1 saturated heterocycles. The number of piperidine rings is 1. The number of hydrogen-bond donors (Lipinski definition) is 1. The standard InChI is InChI=1S/C29H30F2N6O2/c1-18-11-19(6-7-33-18)14-37(22-3-2-8-35(17-22)21-4-5-25(32)34-13-21)16-20-15-36-9-10-39-29-26(31)24(30)12-23(27(29)36)28(20)38/h4-7,11-13,15,22H,2-3,8-10,14,16-17H2,1H3,(H2,32,34)/t22-/m0/s1. The second-order valence-electron chi connectivity index (χ2n) is 10.3. The number of halogens is 2. The number of nitrogens with two attached hydrogens (primary N) is 1. The lowest BCUT2D eigenvalue weighted by Crippen LogP contribution is -2.48. The fraction of sp³-hybridized carbons (Fsp3) is 0.345. The van der Waals surface area contributed by atoms with Gasteiger partial charge in [-0.2, -0.15) is 4.39 Å². The van der Waals surface area contributed by atoms with Crippen molar-refractivity contribution in [1.82, 2.24) is 19.4 Å². The van der Waals surface area contributed by atoms with Gasteiger partial charge in [-0.25, -0.2) is 9.37 Å². The summed E-state index contributed by atoms with van der Waals surface area (Å²) in [4.78, 5) is 26.8. The fourth-order valence-corrected chi connectivity index (χ4v) is 5.74.